The van der Waals surface area contributed by atoms with Gasteiger partial charge in [-0.05, 0) is 41.1 Å². The van der Waals surface area contributed by atoms with Crippen LogP contribution in [0.15, 0.2) is 27.1 Å². The number of anilines is 1. The van der Waals surface area contributed by atoms with Gasteiger partial charge in [0.05, 0.1) is 6.54 Å². The molecule has 2 rings (SSSR count). The van der Waals surface area contributed by atoms with Crippen molar-refractivity contribution in [1.29, 1.82) is 0 Å². The van der Waals surface area contributed by atoms with Gasteiger partial charge in [0, 0.05) is 21.7 Å². The molecular weight excluding hydrogens is 348 g/mol. The van der Waals surface area contributed by atoms with E-state index in [1.807, 2.05) is 36.7 Å². The van der Waals surface area contributed by atoms with Crippen LogP contribution in [0.2, 0.25) is 0 Å². The highest BCUT2D eigenvalue weighted by molar-refractivity contribution is 9.11. The SMILES string of the molecule is Cc1nnc(CNc2cc(Br)ccc2Br)n1C. The predicted octanol–water partition coefficient (Wildman–Crippen LogP) is 3.26. The van der Waals surface area contributed by atoms with E-state index < -0.39 is 0 Å². The van der Waals surface area contributed by atoms with Crippen molar-refractivity contribution >= 4 is 37.5 Å². The summed E-state index contributed by atoms with van der Waals surface area (Å²) in [6.45, 7) is 2.58. The molecule has 0 unspecified atom stereocenters. The van der Waals surface area contributed by atoms with Crippen molar-refractivity contribution in [3.8, 4) is 0 Å². The van der Waals surface area contributed by atoms with Gasteiger partial charge in [-0.3, -0.25) is 0 Å². The number of nitrogens with one attached hydrogen (secondary N) is 1. The highest BCUT2D eigenvalue weighted by Gasteiger charge is 2.06. The molecule has 0 aliphatic heterocycles. The Kier molecular flexibility index (Phi) is 3.83. The zero-order valence-electron chi connectivity index (χ0n) is 9.54. The summed E-state index contributed by atoms with van der Waals surface area (Å²) in [5, 5.41) is 11.5. The van der Waals surface area contributed by atoms with Gasteiger partial charge in [0.25, 0.3) is 0 Å². The van der Waals surface area contributed by atoms with E-state index >= 15 is 0 Å². The van der Waals surface area contributed by atoms with Crippen molar-refractivity contribution in [2.24, 2.45) is 7.05 Å². The summed E-state index contributed by atoms with van der Waals surface area (Å²) >= 11 is 6.95. The maximum atomic E-state index is 4.11. The van der Waals surface area contributed by atoms with Crippen LogP contribution in [0.5, 0.6) is 0 Å². The van der Waals surface area contributed by atoms with Crippen LogP contribution in [0.3, 0.4) is 0 Å². The average Bonchev–Trinajstić information content (AvgIpc) is 2.62. The molecule has 0 saturated heterocycles. The first-order chi connectivity index (χ1) is 8.08. The summed E-state index contributed by atoms with van der Waals surface area (Å²) in [6.07, 6.45) is 0. The maximum absolute atomic E-state index is 4.11. The van der Waals surface area contributed by atoms with Crippen molar-refractivity contribution in [3.05, 3.63) is 38.8 Å². The molecule has 1 N–H and O–H groups in total. The molecule has 1 heterocycles. The Labute approximate surface area is 117 Å². The van der Waals surface area contributed by atoms with Crippen LogP contribution < -0.4 is 5.32 Å². The lowest BCUT2D eigenvalue weighted by molar-refractivity contribution is 0.789. The normalized spacial score (nSPS) is 10.6. The molecule has 0 amide bonds. The summed E-state index contributed by atoms with van der Waals surface area (Å²) in [5.74, 6) is 1.82. The quantitative estimate of drug-likeness (QED) is 0.914. The van der Waals surface area contributed by atoms with E-state index in [0.717, 1.165) is 26.3 Å². The summed E-state index contributed by atoms with van der Waals surface area (Å²) in [4.78, 5) is 0. The number of benzene rings is 1. The third-order valence-electron chi connectivity index (χ3n) is 2.55. The fraction of sp³-hybridized carbons (Fsp3) is 0.273. The number of aryl methyl sites for hydroxylation is 1. The maximum Gasteiger partial charge on any atom is 0.152 e. The Balaban J connectivity index is 2.12. The van der Waals surface area contributed by atoms with E-state index in [2.05, 4.69) is 47.4 Å². The second-order valence-electron chi connectivity index (χ2n) is 3.70. The molecule has 4 nitrogen and oxygen atoms in total. The lowest BCUT2D eigenvalue weighted by Crippen LogP contribution is -2.07. The first-order valence-electron chi connectivity index (χ1n) is 5.11. The number of hydrogen-bond donors (Lipinski definition) is 1. The minimum absolute atomic E-state index is 0.645. The van der Waals surface area contributed by atoms with Gasteiger partial charge < -0.3 is 9.88 Å². The van der Waals surface area contributed by atoms with Gasteiger partial charge >= 0.3 is 0 Å². The van der Waals surface area contributed by atoms with E-state index in [-0.39, 0.29) is 0 Å². The number of nitrogens with zero attached hydrogens (tertiary/aromatic N) is 3. The minimum Gasteiger partial charge on any atom is -0.377 e. The Morgan fingerprint density at radius 1 is 1.29 bits per heavy atom. The van der Waals surface area contributed by atoms with Crippen molar-refractivity contribution in [1.82, 2.24) is 14.8 Å². The van der Waals surface area contributed by atoms with Crippen molar-refractivity contribution in [2.45, 2.75) is 13.5 Å². The van der Waals surface area contributed by atoms with E-state index in [1.165, 1.54) is 0 Å². The largest absolute Gasteiger partial charge is 0.377 e. The Morgan fingerprint density at radius 3 is 2.71 bits per heavy atom. The van der Waals surface area contributed by atoms with Gasteiger partial charge in [-0.15, -0.1) is 10.2 Å². The second-order valence-corrected chi connectivity index (χ2v) is 5.47. The average molecular weight is 360 g/mol. The third-order valence-corrected chi connectivity index (χ3v) is 3.73. The molecule has 6 heteroatoms. The molecule has 0 radical (unpaired) electrons. The molecule has 0 aliphatic rings. The van der Waals surface area contributed by atoms with E-state index in [0.29, 0.717) is 6.54 Å². The van der Waals surface area contributed by atoms with Crippen LogP contribution in [0.4, 0.5) is 5.69 Å². The summed E-state index contributed by atoms with van der Waals surface area (Å²) in [5.41, 5.74) is 1.03. The Bertz CT molecular complexity index is 536. The fourth-order valence-electron chi connectivity index (χ4n) is 1.41. The van der Waals surface area contributed by atoms with Crippen molar-refractivity contribution < 1.29 is 0 Å². The third kappa shape index (κ3) is 2.87. The molecule has 0 fully saturated rings. The second kappa shape index (κ2) is 5.18. The Morgan fingerprint density at radius 2 is 2.06 bits per heavy atom. The van der Waals surface area contributed by atoms with E-state index in [9.17, 15) is 0 Å². The molecule has 17 heavy (non-hydrogen) atoms. The van der Waals surface area contributed by atoms with Crippen molar-refractivity contribution in [3.63, 3.8) is 0 Å². The smallest absolute Gasteiger partial charge is 0.152 e. The van der Waals surface area contributed by atoms with Crippen molar-refractivity contribution in [2.75, 3.05) is 5.32 Å². The van der Waals surface area contributed by atoms with Gasteiger partial charge in [0.2, 0.25) is 0 Å². The fourth-order valence-corrected chi connectivity index (χ4v) is 2.16. The zero-order valence-corrected chi connectivity index (χ0v) is 12.7. The summed E-state index contributed by atoms with van der Waals surface area (Å²) in [7, 11) is 1.96. The zero-order chi connectivity index (χ0) is 12.4. The molecule has 0 aliphatic carbocycles. The number of halogens is 2. The van der Waals surface area contributed by atoms with Crippen LogP contribution in [0, 0.1) is 6.92 Å². The topological polar surface area (TPSA) is 42.7 Å². The van der Waals surface area contributed by atoms with Gasteiger partial charge in [-0.2, -0.15) is 0 Å². The monoisotopic (exact) mass is 358 g/mol. The molecule has 0 bridgehead atoms. The Hall–Kier alpha value is -0.880. The first-order valence-corrected chi connectivity index (χ1v) is 6.70. The number of aromatic nitrogens is 3. The van der Waals surface area contributed by atoms with Gasteiger partial charge in [0.15, 0.2) is 5.82 Å². The van der Waals surface area contributed by atoms with Gasteiger partial charge in [-0.1, -0.05) is 15.9 Å². The molecule has 1 aromatic carbocycles. The molecule has 90 valence electrons. The van der Waals surface area contributed by atoms with Crippen LogP contribution in [-0.4, -0.2) is 14.8 Å². The number of rotatable bonds is 3. The minimum atomic E-state index is 0.645. The molecular formula is C11H12Br2N4. The highest BCUT2D eigenvalue weighted by Crippen LogP contribution is 2.26. The standard InChI is InChI=1S/C11H12Br2N4/c1-7-15-16-11(17(7)2)6-14-10-5-8(12)3-4-9(10)13/h3-5,14H,6H2,1-2H3. The summed E-state index contributed by atoms with van der Waals surface area (Å²) in [6, 6.07) is 6.00. The highest BCUT2D eigenvalue weighted by atomic mass is 79.9. The summed E-state index contributed by atoms with van der Waals surface area (Å²) < 4.78 is 4.04. The molecule has 0 saturated carbocycles. The van der Waals surface area contributed by atoms with Crippen LogP contribution in [0.25, 0.3) is 0 Å². The molecule has 0 spiro atoms. The van der Waals surface area contributed by atoms with Gasteiger partial charge in [-0.25, -0.2) is 0 Å². The molecule has 1 aromatic heterocycles. The van der Waals surface area contributed by atoms with Crippen LogP contribution >= 0.6 is 31.9 Å². The number of hydrogen-bond acceptors (Lipinski definition) is 3. The van der Waals surface area contributed by atoms with Gasteiger partial charge in [0.1, 0.15) is 5.82 Å². The lowest BCUT2D eigenvalue weighted by Gasteiger charge is -2.08. The van der Waals surface area contributed by atoms with E-state index in [4.69, 9.17) is 0 Å². The molecule has 2 aromatic rings. The van der Waals surface area contributed by atoms with Crippen LogP contribution in [0.1, 0.15) is 11.6 Å². The molecule has 0 atom stereocenters. The van der Waals surface area contributed by atoms with Crippen LogP contribution in [-0.2, 0) is 13.6 Å². The first kappa shape index (κ1) is 12.6. The predicted molar refractivity (Wildman–Crippen MR) is 74.9 cm³/mol. The van der Waals surface area contributed by atoms with E-state index in [1.54, 1.807) is 0 Å². The lowest BCUT2D eigenvalue weighted by atomic mass is 10.3.